The van der Waals surface area contributed by atoms with E-state index in [0.29, 0.717) is 32.1 Å². The van der Waals surface area contributed by atoms with Crippen LogP contribution in [0.2, 0.25) is 0 Å². The van der Waals surface area contributed by atoms with Crippen molar-refractivity contribution in [2.45, 2.75) is 37.6 Å². The van der Waals surface area contributed by atoms with E-state index in [4.69, 9.17) is 9.47 Å². The maximum Gasteiger partial charge on any atom is 0.409 e. The van der Waals surface area contributed by atoms with Crippen LogP contribution < -0.4 is 10.1 Å². The van der Waals surface area contributed by atoms with Gasteiger partial charge in [0.15, 0.2) is 0 Å². The van der Waals surface area contributed by atoms with Gasteiger partial charge in [0.05, 0.1) is 19.0 Å². The third kappa shape index (κ3) is 6.49. The predicted octanol–water partition coefficient (Wildman–Crippen LogP) is 2.91. The molecule has 0 aliphatic carbocycles. The molecule has 1 aromatic rings. The normalized spacial score (nSPS) is 14.9. The predicted molar refractivity (Wildman–Crippen MR) is 98.1 cm³/mol. The summed E-state index contributed by atoms with van der Waals surface area (Å²) in [6, 6.07) is 7.87. The number of carbonyl (C=O) groups is 2. The highest BCUT2D eigenvalue weighted by molar-refractivity contribution is 8.00. The summed E-state index contributed by atoms with van der Waals surface area (Å²) >= 11 is 1.50. The summed E-state index contributed by atoms with van der Waals surface area (Å²) in [7, 11) is 0. The summed E-state index contributed by atoms with van der Waals surface area (Å²) in [5, 5.41) is 3.05. The van der Waals surface area contributed by atoms with Crippen molar-refractivity contribution < 1.29 is 19.1 Å². The number of piperidine rings is 1. The van der Waals surface area contributed by atoms with Crippen LogP contribution in [0.1, 0.15) is 26.7 Å². The van der Waals surface area contributed by atoms with E-state index in [1.165, 1.54) is 11.8 Å². The molecule has 2 amide bonds. The molecule has 6 nitrogen and oxygen atoms in total. The summed E-state index contributed by atoms with van der Waals surface area (Å²) in [5.74, 6) is 1.24. The van der Waals surface area contributed by atoms with Crippen LogP contribution in [0.5, 0.6) is 5.75 Å². The van der Waals surface area contributed by atoms with Crippen molar-refractivity contribution in [2.24, 2.45) is 0 Å². The number of nitrogens with one attached hydrogen (secondary N) is 1. The number of benzene rings is 1. The van der Waals surface area contributed by atoms with Crippen molar-refractivity contribution in [3.8, 4) is 5.75 Å². The van der Waals surface area contributed by atoms with Crippen molar-refractivity contribution in [3.05, 3.63) is 24.3 Å². The fourth-order valence-corrected chi connectivity index (χ4v) is 3.35. The summed E-state index contributed by atoms with van der Waals surface area (Å²) in [5.41, 5.74) is 0. The second kappa shape index (κ2) is 10.2. The number of rotatable bonds is 7. The fourth-order valence-electron chi connectivity index (χ4n) is 2.64. The van der Waals surface area contributed by atoms with Crippen LogP contribution >= 0.6 is 11.8 Å². The number of nitrogens with zero attached hydrogens (tertiary/aromatic N) is 1. The number of thioether (sulfide) groups is 1. The molecule has 138 valence electrons. The average molecular weight is 366 g/mol. The lowest BCUT2D eigenvalue weighted by molar-refractivity contribution is -0.119. The Morgan fingerprint density at radius 2 is 1.84 bits per heavy atom. The standard InChI is InChI=1S/C18H26N2O4S/c1-3-23-15-5-7-16(8-6-15)25-13-17(21)19-14-9-11-20(12-10-14)18(22)24-4-2/h5-8,14H,3-4,9-13H2,1-2H3,(H,19,21). The molecular weight excluding hydrogens is 340 g/mol. The second-order valence-electron chi connectivity index (χ2n) is 5.72. The van der Waals surface area contributed by atoms with E-state index >= 15 is 0 Å². The molecule has 0 radical (unpaired) electrons. The third-order valence-corrected chi connectivity index (χ3v) is 4.90. The molecule has 25 heavy (non-hydrogen) atoms. The molecule has 1 aliphatic rings. The first-order valence-electron chi connectivity index (χ1n) is 8.69. The molecule has 0 spiro atoms. The fraction of sp³-hybridized carbons (Fsp3) is 0.556. The Balaban J connectivity index is 1.68. The topological polar surface area (TPSA) is 67.9 Å². The summed E-state index contributed by atoms with van der Waals surface area (Å²) in [4.78, 5) is 26.5. The number of hydrogen-bond donors (Lipinski definition) is 1. The number of hydrogen-bond acceptors (Lipinski definition) is 5. The maximum atomic E-state index is 12.1. The van der Waals surface area contributed by atoms with Gasteiger partial charge in [-0.05, 0) is 51.0 Å². The SMILES string of the molecule is CCOC(=O)N1CCC(NC(=O)CSc2ccc(OCC)cc2)CC1. The Bertz CT molecular complexity index is 557. The van der Waals surface area contributed by atoms with Crippen molar-refractivity contribution >= 4 is 23.8 Å². The van der Waals surface area contributed by atoms with Gasteiger partial charge in [0.1, 0.15) is 5.75 Å². The minimum Gasteiger partial charge on any atom is -0.494 e. The van der Waals surface area contributed by atoms with E-state index in [0.717, 1.165) is 23.5 Å². The largest absolute Gasteiger partial charge is 0.494 e. The third-order valence-electron chi connectivity index (χ3n) is 3.89. The summed E-state index contributed by atoms with van der Waals surface area (Å²) < 4.78 is 10.4. The molecule has 2 rings (SSSR count). The Labute approximate surface area is 153 Å². The lowest BCUT2D eigenvalue weighted by Gasteiger charge is -2.31. The molecule has 1 aromatic carbocycles. The number of amides is 2. The molecule has 1 heterocycles. The zero-order valence-electron chi connectivity index (χ0n) is 14.8. The van der Waals surface area contributed by atoms with Crippen LogP contribution in [0.4, 0.5) is 4.79 Å². The molecular formula is C18H26N2O4S. The van der Waals surface area contributed by atoms with Gasteiger partial charge < -0.3 is 19.7 Å². The average Bonchev–Trinajstić information content (AvgIpc) is 2.62. The molecule has 0 aromatic heterocycles. The molecule has 1 saturated heterocycles. The van der Waals surface area contributed by atoms with Gasteiger partial charge in [-0.15, -0.1) is 11.8 Å². The zero-order valence-corrected chi connectivity index (χ0v) is 15.6. The monoisotopic (exact) mass is 366 g/mol. The highest BCUT2D eigenvalue weighted by atomic mass is 32.2. The van der Waals surface area contributed by atoms with Gasteiger partial charge in [-0.3, -0.25) is 4.79 Å². The van der Waals surface area contributed by atoms with Gasteiger partial charge in [-0.25, -0.2) is 4.79 Å². The van der Waals surface area contributed by atoms with Crippen LogP contribution in [-0.4, -0.2) is 55.0 Å². The van der Waals surface area contributed by atoms with Crippen LogP contribution in [0.3, 0.4) is 0 Å². The van der Waals surface area contributed by atoms with Crippen LogP contribution in [-0.2, 0) is 9.53 Å². The second-order valence-corrected chi connectivity index (χ2v) is 6.77. The number of carbonyl (C=O) groups excluding carboxylic acids is 2. The minimum atomic E-state index is -0.265. The molecule has 1 aliphatic heterocycles. The molecule has 1 N–H and O–H groups in total. The molecule has 0 atom stereocenters. The lowest BCUT2D eigenvalue weighted by Crippen LogP contribution is -2.47. The highest BCUT2D eigenvalue weighted by Crippen LogP contribution is 2.21. The first-order valence-corrected chi connectivity index (χ1v) is 9.67. The Morgan fingerprint density at radius 1 is 1.16 bits per heavy atom. The summed E-state index contributed by atoms with van der Waals surface area (Å²) in [6.45, 7) is 6.02. The Morgan fingerprint density at radius 3 is 2.44 bits per heavy atom. The van der Waals surface area contributed by atoms with Crippen molar-refractivity contribution in [2.75, 3.05) is 32.1 Å². The smallest absolute Gasteiger partial charge is 0.409 e. The van der Waals surface area contributed by atoms with Crippen LogP contribution in [0.15, 0.2) is 29.2 Å². The van der Waals surface area contributed by atoms with Gasteiger partial charge in [-0.2, -0.15) is 0 Å². The lowest BCUT2D eigenvalue weighted by atomic mass is 10.1. The van der Waals surface area contributed by atoms with Crippen LogP contribution in [0, 0.1) is 0 Å². The van der Waals surface area contributed by atoms with Gasteiger partial charge in [-0.1, -0.05) is 0 Å². The minimum absolute atomic E-state index is 0.0217. The zero-order chi connectivity index (χ0) is 18.1. The van der Waals surface area contributed by atoms with Crippen molar-refractivity contribution in [1.29, 1.82) is 0 Å². The van der Waals surface area contributed by atoms with E-state index in [9.17, 15) is 9.59 Å². The van der Waals surface area contributed by atoms with E-state index in [2.05, 4.69) is 5.32 Å². The molecule has 0 unspecified atom stereocenters. The quantitative estimate of drug-likeness (QED) is 0.752. The first-order chi connectivity index (χ1) is 12.1. The Kier molecular flexibility index (Phi) is 7.91. The highest BCUT2D eigenvalue weighted by Gasteiger charge is 2.24. The van der Waals surface area contributed by atoms with Gasteiger partial charge in [0.25, 0.3) is 0 Å². The van der Waals surface area contributed by atoms with Gasteiger partial charge in [0.2, 0.25) is 5.91 Å². The van der Waals surface area contributed by atoms with Gasteiger partial charge in [0, 0.05) is 24.0 Å². The molecule has 0 saturated carbocycles. The van der Waals surface area contributed by atoms with E-state index < -0.39 is 0 Å². The molecule has 1 fully saturated rings. The van der Waals surface area contributed by atoms with Crippen LogP contribution in [0.25, 0.3) is 0 Å². The molecule has 0 bridgehead atoms. The van der Waals surface area contributed by atoms with Crippen molar-refractivity contribution in [1.82, 2.24) is 10.2 Å². The van der Waals surface area contributed by atoms with E-state index in [1.54, 1.807) is 11.8 Å². The number of ether oxygens (including phenoxy) is 2. The summed E-state index contributed by atoms with van der Waals surface area (Å²) in [6.07, 6.45) is 1.26. The maximum absolute atomic E-state index is 12.1. The Hall–Kier alpha value is -1.89. The van der Waals surface area contributed by atoms with Gasteiger partial charge >= 0.3 is 6.09 Å². The number of likely N-dealkylation sites (tertiary alicyclic amines) is 1. The van der Waals surface area contributed by atoms with E-state index in [1.807, 2.05) is 31.2 Å². The molecule has 7 heteroatoms. The van der Waals surface area contributed by atoms with Crippen molar-refractivity contribution in [3.63, 3.8) is 0 Å². The first kappa shape index (κ1) is 19.4. The van der Waals surface area contributed by atoms with E-state index in [-0.39, 0.29) is 18.0 Å².